The Kier molecular flexibility index (Phi) is 4.61. The number of rotatable bonds is 3. The van der Waals surface area contributed by atoms with Gasteiger partial charge in [-0.15, -0.1) is 0 Å². The molecule has 1 aromatic carbocycles. The zero-order valence-corrected chi connectivity index (χ0v) is 16.8. The van der Waals surface area contributed by atoms with E-state index in [0.717, 1.165) is 24.1 Å². The van der Waals surface area contributed by atoms with Crippen molar-refractivity contribution in [3.05, 3.63) is 52.5 Å². The van der Waals surface area contributed by atoms with Gasteiger partial charge in [-0.3, -0.25) is 9.47 Å². The fourth-order valence-electron chi connectivity index (χ4n) is 3.96. The summed E-state index contributed by atoms with van der Waals surface area (Å²) in [6, 6.07) is 8.99. The van der Waals surface area contributed by atoms with Crippen molar-refractivity contribution in [2.24, 2.45) is 5.92 Å². The smallest absolute Gasteiger partial charge is 0.407 e. The van der Waals surface area contributed by atoms with Crippen LogP contribution in [0.3, 0.4) is 0 Å². The van der Waals surface area contributed by atoms with E-state index in [-0.39, 0.29) is 12.1 Å². The van der Waals surface area contributed by atoms with Gasteiger partial charge in [0.1, 0.15) is 16.6 Å². The largest absolute Gasteiger partial charge is 0.465 e. The molecule has 0 radical (unpaired) electrons. The molecule has 2 aliphatic rings. The Balaban J connectivity index is 1.45. The molecule has 1 aliphatic heterocycles. The van der Waals surface area contributed by atoms with Crippen LogP contribution in [0.5, 0.6) is 0 Å². The summed E-state index contributed by atoms with van der Waals surface area (Å²) in [6.45, 7) is 0.777. The third-order valence-electron chi connectivity index (χ3n) is 5.65. The second-order valence-corrected chi connectivity index (χ2v) is 8.20. The van der Waals surface area contributed by atoms with Gasteiger partial charge in [0.2, 0.25) is 0 Å². The Hall–Kier alpha value is -2.35. The SMILES string of the molecule is O=C(O)N1C[C@@H](C2CC2)OC[C@@H]1c1ccc(-n2c(Cl)cc3c(Cl)ncnc32)cc1. The first-order chi connectivity index (χ1) is 14.0. The number of morpholine rings is 1. The van der Waals surface area contributed by atoms with Gasteiger partial charge in [0, 0.05) is 5.69 Å². The topological polar surface area (TPSA) is 80.5 Å². The van der Waals surface area contributed by atoms with Gasteiger partial charge in [0.25, 0.3) is 0 Å². The van der Waals surface area contributed by atoms with Gasteiger partial charge in [-0.05, 0) is 42.5 Å². The molecule has 0 spiro atoms. The first-order valence-electron chi connectivity index (χ1n) is 9.42. The van der Waals surface area contributed by atoms with Crippen molar-refractivity contribution in [1.29, 1.82) is 0 Å². The van der Waals surface area contributed by atoms with Gasteiger partial charge in [0.15, 0.2) is 5.65 Å². The minimum atomic E-state index is -0.918. The highest BCUT2D eigenvalue weighted by molar-refractivity contribution is 6.36. The van der Waals surface area contributed by atoms with E-state index < -0.39 is 6.09 Å². The quantitative estimate of drug-likeness (QED) is 0.613. The summed E-state index contributed by atoms with van der Waals surface area (Å²) in [5.74, 6) is 0.498. The molecule has 1 saturated heterocycles. The van der Waals surface area contributed by atoms with Gasteiger partial charge >= 0.3 is 6.09 Å². The zero-order chi connectivity index (χ0) is 20.1. The average molecular weight is 433 g/mol. The number of fused-ring (bicyclic) bond motifs is 1. The van der Waals surface area contributed by atoms with Gasteiger partial charge < -0.3 is 9.84 Å². The predicted molar refractivity (Wildman–Crippen MR) is 109 cm³/mol. The number of nitrogens with zero attached hydrogens (tertiary/aromatic N) is 4. The van der Waals surface area contributed by atoms with Crippen molar-refractivity contribution >= 4 is 40.3 Å². The van der Waals surface area contributed by atoms with Gasteiger partial charge in [-0.1, -0.05) is 35.3 Å². The maximum absolute atomic E-state index is 11.8. The van der Waals surface area contributed by atoms with Gasteiger partial charge in [0.05, 0.1) is 30.7 Å². The van der Waals surface area contributed by atoms with Crippen LogP contribution in [0.2, 0.25) is 10.3 Å². The van der Waals surface area contributed by atoms with Gasteiger partial charge in [-0.25, -0.2) is 14.8 Å². The lowest BCUT2D eigenvalue weighted by Crippen LogP contribution is -2.47. The fraction of sp³-hybridized carbons (Fsp3) is 0.350. The molecular weight excluding hydrogens is 415 g/mol. The van der Waals surface area contributed by atoms with E-state index in [1.807, 2.05) is 24.3 Å². The molecule has 5 rings (SSSR count). The van der Waals surface area contributed by atoms with Crippen molar-refractivity contribution in [2.45, 2.75) is 25.0 Å². The van der Waals surface area contributed by atoms with Crippen LogP contribution in [0.25, 0.3) is 16.7 Å². The molecule has 1 saturated carbocycles. The van der Waals surface area contributed by atoms with Crippen LogP contribution in [0.1, 0.15) is 24.4 Å². The van der Waals surface area contributed by atoms with E-state index in [2.05, 4.69) is 9.97 Å². The van der Waals surface area contributed by atoms with Crippen LogP contribution in [-0.2, 0) is 4.74 Å². The number of ether oxygens (including phenoxy) is 1. The molecule has 2 aromatic heterocycles. The van der Waals surface area contributed by atoms with Crippen molar-refractivity contribution in [3.63, 3.8) is 0 Å². The average Bonchev–Trinajstić information content (AvgIpc) is 3.51. The summed E-state index contributed by atoms with van der Waals surface area (Å²) in [4.78, 5) is 21.6. The Morgan fingerprint density at radius 1 is 1.17 bits per heavy atom. The number of carbonyl (C=O) groups is 1. The Labute approximate surface area is 176 Å². The zero-order valence-electron chi connectivity index (χ0n) is 15.3. The standard InChI is InChI=1S/C20H18Cl2N4O3/c21-17-7-14-18(22)23-10-24-19(14)26(17)13-5-3-11(4-6-13)15-9-29-16(12-1-2-12)8-25(15)20(27)28/h3-7,10,12,15-16H,1-2,8-9H2,(H,27,28)/t15-,16+/m1/s1. The number of carboxylic acid groups (broad SMARTS) is 1. The highest BCUT2D eigenvalue weighted by Gasteiger charge is 2.40. The monoisotopic (exact) mass is 432 g/mol. The highest BCUT2D eigenvalue weighted by Crippen LogP contribution is 2.39. The lowest BCUT2D eigenvalue weighted by molar-refractivity contribution is -0.0639. The molecule has 1 amide bonds. The molecule has 9 heteroatoms. The summed E-state index contributed by atoms with van der Waals surface area (Å²) < 4.78 is 7.76. The van der Waals surface area contributed by atoms with E-state index in [1.54, 1.807) is 10.6 Å². The Morgan fingerprint density at radius 2 is 1.93 bits per heavy atom. The molecular formula is C20H18Cl2N4O3. The minimum absolute atomic E-state index is 0.0103. The molecule has 29 heavy (non-hydrogen) atoms. The molecule has 7 nitrogen and oxygen atoms in total. The van der Waals surface area contributed by atoms with Gasteiger partial charge in [-0.2, -0.15) is 0 Å². The molecule has 3 aromatic rings. The second kappa shape index (κ2) is 7.16. The number of hydrogen-bond donors (Lipinski definition) is 1. The molecule has 2 atom stereocenters. The second-order valence-electron chi connectivity index (χ2n) is 7.46. The highest BCUT2D eigenvalue weighted by atomic mass is 35.5. The maximum Gasteiger partial charge on any atom is 0.407 e. The van der Waals surface area contributed by atoms with Crippen LogP contribution < -0.4 is 0 Å². The number of hydrogen-bond acceptors (Lipinski definition) is 4. The summed E-state index contributed by atoms with van der Waals surface area (Å²) >= 11 is 12.6. The third-order valence-corrected chi connectivity index (χ3v) is 6.23. The predicted octanol–water partition coefficient (Wildman–Crippen LogP) is 4.56. The van der Waals surface area contributed by atoms with Crippen molar-refractivity contribution in [1.82, 2.24) is 19.4 Å². The van der Waals surface area contributed by atoms with E-state index in [4.69, 9.17) is 27.9 Å². The number of benzene rings is 1. The molecule has 0 bridgehead atoms. The Morgan fingerprint density at radius 3 is 2.62 bits per heavy atom. The van der Waals surface area contributed by atoms with E-state index in [9.17, 15) is 9.90 Å². The van der Waals surface area contributed by atoms with Crippen molar-refractivity contribution in [2.75, 3.05) is 13.2 Å². The van der Waals surface area contributed by atoms with Crippen LogP contribution >= 0.6 is 23.2 Å². The van der Waals surface area contributed by atoms with E-state index in [1.165, 1.54) is 11.2 Å². The van der Waals surface area contributed by atoms with E-state index in [0.29, 0.717) is 40.4 Å². The maximum atomic E-state index is 11.8. The fourth-order valence-corrected chi connectivity index (χ4v) is 4.43. The number of halogens is 2. The van der Waals surface area contributed by atoms with Crippen LogP contribution in [0.15, 0.2) is 36.7 Å². The van der Waals surface area contributed by atoms with Crippen molar-refractivity contribution in [3.8, 4) is 5.69 Å². The first-order valence-corrected chi connectivity index (χ1v) is 10.2. The van der Waals surface area contributed by atoms with Crippen LogP contribution in [-0.4, -0.2) is 49.9 Å². The summed E-state index contributed by atoms with van der Waals surface area (Å²) in [7, 11) is 0. The summed E-state index contributed by atoms with van der Waals surface area (Å²) in [5, 5.41) is 11.2. The van der Waals surface area contributed by atoms with E-state index >= 15 is 0 Å². The summed E-state index contributed by atoms with van der Waals surface area (Å²) in [5.41, 5.74) is 2.30. The number of aromatic nitrogens is 3. The summed E-state index contributed by atoms with van der Waals surface area (Å²) in [6.07, 6.45) is 2.73. The molecule has 1 N–H and O–H groups in total. The van der Waals surface area contributed by atoms with Crippen molar-refractivity contribution < 1.29 is 14.6 Å². The van der Waals surface area contributed by atoms with Crippen LogP contribution in [0.4, 0.5) is 4.79 Å². The third kappa shape index (κ3) is 3.33. The molecule has 0 unspecified atom stereocenters. The lowest BCUT2D eigenvalue weighted by atomic mass is 10.0. The Bertz CT molecular complexity index is 1080. The minimum Gasteiger partial charge on any atom is -0.465 e. The molecule has 150 valence electrons. The molecule has 3 heterocycles. The molecule has 2 fully saturated rings. The number of amides is 1. The molecule has 1 aliphatic carbocycles. The van der Waals surface area contributed by atoms with Crippen LogP contribution in [0, 0.1) is 5.92 Å². The normalized spacial score (nSPS) is 22.2. The lowest BCUT2D eigenvalue weighted by Gasteiger charge is -2.38. The first kappa shape index (κ1) is 18.7.